The summed E-state index contributed by atoms with van der Waals surface area (Å²) in [6.07, 6.45) is -35.2. The van der Waals surface area contributed by atoms with E-state index in [1.54, 1.807) is 0 Å². The van der Waals surface area contributed by atoms with E-state index in [0.717, 1.165) is 97.1 Å². The second kappa shape index (κ2) is 31.0. The number of rotatable bonds is 24. The summed E-state index contributed by atoms with van der Waals surface area (Å²) < 4.78 is 108. The van der Waals surface area contributed by atoms with Crippen LogP contribution in [0.5, 0.6) is 0 Å². The summed E-state index contributed by atoms with van der Waals surface area (Å²) in [5.74, 6) is -18.9. The Morgan fingerprint density at radius 2 is 0.707 bits per heavy atom. The van der Waals surface area contributed by atoms with Gasteiger partial charge in [0.15, 0.2) is 61.4 Å². The first kappa shape index (κ1) is 68.7. The molecule has 3 fully saturated rings. The first-order valence-electron chi connectivity index (χ1n) is 24.7. The number of ether oxygens (including phenoxy) is 19. The third-order valence-corrected chi connectivity index (χ3v) is 11.2. The lowest BCUT2D eigenvalue weighted by Crippen LogP contribution is -2.70. The van der Waals surface area contributed by atoms with Crippen molar-refractivity contribution in [2.75, 3.05) is 26.9 Å². The molecule has 0 unspecified atom stereocenters. The summed E-state index contributed by atoms with van der Waals surface area (Å²) >= 11 is 0. The lowest BCUT2D eigenvalue weighted by Gasteiger charge is -2.52. The van der Waals surface area contributed by atoms with Crippen LogP contribution in [-0.4, -0.2) is 214 Å². The van der Waals surface area contributed by atoms with E-state index in [4.69, 9.17) is 90.0 Å². The van der Waals surface area contributed by atoms with Gasteiger partial charge in [0.05, 0.1) is 13.5 Å². The Hall–Kier alpha value is -7.62. The molecule has 0 amide bonds. The fourth-order valence-electron chi connectivity index (χ4n) is 8.72. The van der Waals surface area contributed by atoms with Crippen molar-refractivity contribution in [3.8, 4) is 0 Å². The van der Waals surface area contributed by atoms with E-state index in [0.29, 0.717) is 0 Å². The van der Waals surface area contributed by atoms with Gasteiger partial charge in [0.2, 0.25) is 0 Å². The van der Waals surface area contributed by atoms with Crippen LogP contribution in [-0.2, 0) is 157 Å². The van der Waals surface area contributed by atoms with Gasteiger partial charge in [0.1, 0.15) is 56.4 Å². The van der Waals surface area contributed by atoms with Crippen molar-refractivity contribution in [2.45, 2.75) is 200 Å². The molecule has 0 aliphatic carbocycles. The van der Waals surface area contributed by atoms with E-state index in [9.17, 15) is 67.1 Å². The highest BCUT2D eigenvalue weighted by Crippen LogP contribution is 2.42. The van der Waals surface area contributed by atoms with Crippen molar-refractivity contribution in [1.82, 2.24) is 0 Å². The normalized spacial score (nSPS) is 28.6. The topological polar surface area (TPSA) is 414 Å². The Morgan fingerprint density at radius 1 is 0.378 bits per heavy atom. The number of esters is 14. The predicted octanol–water partition coefficient (Wildman–Crippen LogP) is -1.50. The van der Waals surface area contributed by atoms with Crippen LogP contribution in [0.2, 0.25) is 0 Å². The average molecular weight is 1180 g/mol. The number of carbonyl (C=O) groups excluding carboxylic acids is 14. The van der Waals surface area contributed by atoms with Crippen LogP contribution >= 0.6 is 0 Å². The fourth-order valence-corrected chi connectivity index (χ4v) is 8.72. The van der Waals surface area contributed by atoms with Crippen molar-refractivity contribution in [2.24, 2.45) is 0 Å². The van der Waals surface area contributed by atoms with Gasteiger partial charge in [-0.3, -0.25) is 62.3 Å². The molecule has 33 nitrogen and oxygen atoms in total. The minimum Gasteiger partial charge on any atom is -0.464 e. The minimum absolute atomic E-state index is 0.825. The summed E-state index contributed by atoms with van der Waals surface area (Å²) in [6, 6.07) is 0. The molecule has 3 aliphatic heterocycles. The van der Waals surface area contributed by atoms with Crippen LogP contribution < -0.4 is 0 Å². The number of hydrogen-bond donors (Lipinski definition) is 0. The molecule has 17 atom stereocenters. The Balaban J connectivity index is 2.63. The lowest BCUT2D eigenvalue weighted by atomic mass is 9.90. The molecule has 0 aromatic heterocycles. The molecule has 0 spiro atoms. The molecule has 3 rings (SSSR count). The average Bonchev–Trinajstić information content (AvgIpc) is 3.34. The Bertz CT molecular complexity index is 2380. The zero-order valence-electron chi connectivity index (χ0n) is 47.0. The minimum atomic E-state index is -2.93. The smallest absolute Gasteiger partial charge is 0.379 e. The lowest BCUT2D eigenvalue weighted by molar-refractivity contribution is -0.387. The molecule has 3 aliphatic rings. The first-order valence-corrected chi connectivity index (χ1v) is 24.7. The van der Waals surface area contributed by atoms with Gasteiger partial charge in [0.25, 0.3) is 0 Å². The summed E-state index contributed by atoms with van der Waals surface area (Å²) in [5.41, 5.74) is 0. The van der Waals surface area contributed by atoms with Gasteiger partial charge in [-0.25, -0.2) is 4.79 Å². The maximum Gasteiger partial charge on any atom is 0.379 e. The Kier molecular flexibility index (Phi) is 25.9. The highest BCUT2D eigenvalue weighted by molar-refractivity contribution is 5.82. The Morgan fingerprint density at radius 3 is 1.05 bits per heavy atom. The summed E-state index contributed by atoms with van der Waals surface area (Å²) in [7, 11) is 0.845. The first-order chi connectivity index (χ1) is 38.2. The van der Waals surface area contributed by atoms with Crippen molar-refractivity contribution in [1.29, 1.82) is 0 Å². The maximum atomic E-state index is 13.7. The predicted molar refractivity (Wildman–Crippen MR) is 253 cm³/mol. The maximum absolute atomic E-state index is 13.7. The van der Waals surface area contributed by atoms with Crippen LogP contribution in [0.4, 0.5) is 0 Å². The molecular formula is C49H66O33. The Labute approximate surface area is 467 Å². The van der Waals surface area contributed by atoms with Crippen molar-refractivity contribution in [3.05, 3.63) is 0 Å². The van der Waals surface area contributed by atoms with Crippen molar-refractivity contribution in [3.63, 3.8) is 0 Å². The van der Waals surface area contributed by atoms with Gasteiger partial charge < -0.3 is 90.0 Å². The van der Waals surface area contributed by atoms with Gasteiger partial charge in [-0.15, -0.1) is 0 Å². The molecule has 0 aromatic rings. The highest BCUT2D eigenvalue weighted by Gasteiger charge is 2.64. The fraction of sp³-hybridized carbons (Fsp3) is 0.714. The van der Waals surface area contributed by atoms with Gasteiger partial charge in [0, 0.05) is 90.0 Å². The molecule has 3 heterocycles. The second-order valence-corrected chi connectivity index (χ2v) is 18.1. The molecule has 460 valence electrons. The standard InChI is InChI=1S/C49H66O33/c1-19(50)65-16-33(69-23(5)54)37-40(72-26(8)57)42(74-28(10)59)44(75-29(11)60)47(79-37)80-43-41(73-27(9)58)38(34(70-24(6)55)17-66-20(2)51)78-46(45(43)76-30(12)61)77-36-32(68-22(4)53)15-49(48(63)64-14,81-31(13)62)82-39(36)35(71-25(7)56)18-67-21(3)52/h32-47H,15-18H2,1-14H3/t32-,33+,34+,35-,36-,37-,38-,39-,40-,41-,42+,43+,44+,45+,46+,47-,49-/m1/s1. The van der Waals surface area contributed by atoms with E-state index in [2.05, 4.69) is 0 Å². The monoisotopic (exact) mass is 1180 g/mol. The second-order valence-electron chi connectivity index (χ2n) is 18.1. The molecule has 3 saturated heterocycles. The van der Waals surface area contributed by atoms with Crippen LogP contribution in [0.15, 0.2) is 0 Å². The van der Waals surface area contributed by atoms with E-state index in [1.807, 2.05) is 0 Å². The number of carbonyl (C=O) groups is 14. The third kappa shape index (κ3) is 20.4. The van der Waals surface area contributed by atoms with Gasteiger partial charge in [-0.05, 0) is 0 Å². The largest absolute Gasteiger partial charge is 0.464 e. The molecule has 0 aromatic carbocycles. The van der Waals surface area contributed by atoms with Gasteiger partial charge >= 0.3 is 89.4 Å². The van der Waals surface area contributed by atoms with Crippen LogP contribution in [0, 0.1) is 0 Å². The molecule has 0 radical (unpaired) electrons. The SMILES string of the molecule is COC(=O)[C@@]1(OC(C)=O)C[C@@H](OC(C)=O)[C@@H](O[C@H]2O[C@H]([C@H](COC(C)=O)OC(C)=O)[C@@H](OC(C)=O)[C@H](O[C@H]3O[C@H]([C@H](COC(C)=O)OC(C)=O)[C@@H](OC(C)=O)[C@H](OC(C)=O)[C@@H]3OC(C)=O)[C@@H]2OC(C)=O)[C@@H]([C@@H](COC(C)=O)OC(C)=O)O1. The van der Waals surface area contributed by atoms with Gasteiger partial charge in [-0.2, -0.15) is 0 Å². The molecule has 0 N–H and O–H groups in total. The van der Waals surface area contributed by atoms with Crippen LogP contribution in [0.3, 0.4) is 0 Å². The quantitative estimate of drug-likeness (QED) is 0.0784. The zero-order valence-corrected chi connectivity index (χ0v) is 47.0. The highest BCUT2D eigenvalue weighted by atomic mass is 16.8. The van der Waals surface area contributed by atoms with E-state index >= 15 is 0 Å². The molecule has 33 heteroatoms. The van der Waals surface area contributed by atoms with Gasteiger partial charge in [-0.1, -0.05) is 0 Å². The van der Waals surface area contributed by atoms with E-state index in [-0.39, 0.29) is 0 Å². The number of hydrogen-bond acceptors (Lipinski definition) is 33. The third-order valence-electron chi connectivity index (χ3n) is 11.2. The van der Waals surface area contributed by atoms with Crippen molar-refractivity contribution < 1.29 is 157 Å². The summed E-state index contributed by atoms with van der Waals surface area (Å²) in [5, 5.41) is 0. The van der Waals surface area contributed by atoms with Crippen molar-refractivity contribution >= 4 is 83.6 Å². The number of methoxy groups -OCH3 is 1. The zero-order chi connectivity index (χ0) is 62.1. The summed E-state index contributed by atoms with van der Waals surface area (Å²) in [4.78, 5) is 180. The van der Waals surface area contributed by atoms with E-state index < -0.39 is 214 Å². The molecule has 82 heavy (non-hydrogen) atoms. The van der Waals surface area contributed by atoms with Crippen LogP contribution in [0.1, 0.15) is 96.4 Å². The molecular weight excluding hydrogens is 1120 g/mol. The van der Waals surface area contributed by atoms with E-state index in [1.165, 1.54) is 0 Å². The van der Waals surface area contributed by atoms with Crippen LogP contribution in [0.25, 0.3) is 0 Å². The molecule has 0 saturated carbocycles. The molecule has 0 bridgehead atoms. The summed E-state index contributed by atoms with van der Waals surface area (Å²) in [6.45, 7) is 8.76.